The van der Waals surface area contributed by atoms with Crippen LogP contribution in [-0.2, 0) is 18.9 Å². The number of hydrogen-bond acceptors (Lipinski definition) is 5. The smallest absolute Gasteiger partial charge is 0.115 e. The van der Waals surface area contributed by atoms with Crippen molar-refractivity contribution >= 4 is 0 Å². The van der Waals surface area contributed by atoms with Crippen molar-refractivity contribution < 1.29 is 24.1 Å². The quantitative estimate of drug-likeness (QED) is 0.0487. The van der Waals surface area contributed by atoms with E-state index in [4.69, 9.17) is 18.9 Å². The Hall–Kier alpha value is -1.76. The van der Waals surface area contributed by atoms with E-state index in [0.29, 0.717) is 19.8 Å². The zero-order chi connectivity index (χ0) is 46.6. The van der Waals surface area contributed by atoms with Crippen molar-refractivity contribution in [3.63, 3.8) is 0 Å². The lowest BCUT2D eigenvalue weighted by Gasteiger charge is -2.28. The number of unbranched alkanes of at least 4 members (excludes halogenated alkanes) is 27. The molecule has 1 heterocycles. The topological polar surface area (TPSA) is 57.2 Å². The third-order valence-electron chi connectivity index (χ3n) is 12.7. The highest BCUT2D eigenvalue weighted by molar-refractivity contribution is 4.95. The highest BCUT2D eigenvalue weighted by Gasteiger charge is 2.43. The van der Waals surface area contributed by atoms with Gasteiger partial charge >= 0.3 is 0 Å². The highest BCUT2D eigenvalue weighted by atomic mass is 16.6. The molecule has 0 bridgehead atoms. The third kappa shape index (κ3) is 41.0. The molecule has 5 nitrogen and oxygen atoms in total. The van der Waals surface area contributed by atoms with E-state index < -0.39 is 0 Å². The van der Waals surface area contributed by atoms with Gasteiger partial charge in [-0.15, -0.1) is 0 Å². The van der Waals surface area contributed by atoms with Crippen molar-refractivity contribution in [1.82, 2.24) is 0 Å². The molecule has 0 radical (unpaired) electrons. The van der Waals surface area contributed by atoms with Crippen molar-refractivity contribution in [2.75, 3.05) is 33.0 Å². The van der Waals surface area contributed by atoms with Gasteiger partial charge in [0.2, 0.25) is 0 Å². The van der Waals surface area contributed by atoms with E-state index in [-0.39, 0.29) is 31.0 Å². The fraction of sp³-hybridized carbons (Fsp3) is 0.800. The SMILES string of the molecule is CCCCC/C=C\C/C=C\CCCCCCCCO[C@H]1[C@@H]([C@@H](CO)OCCCCCCCC/C=C\C/C=C\CCCCC)OC[C@@H]1OCCCCCCCC/C=C\C/C=C\CCCCC. The predicted octanol–water partition coefficient (Wildman–Crippen LogP) is 18.0. The minimum absolute atomic E-state index is 0.0592. The van der Waals surface area contributed by atoms with Crippen LogP contribution in [0.3, 0.4) is 0 Å². The lowest BCUT2D eigenvalue weighted by atomic mass is 10.1. The van der Waals surface area contributed by atoms with E-state index in [9.17, 15) is 5.11 Å². The van der Waals surface area contributed by atoms with E-state index in [1.54, 1.807) is 0 Å². The predicted molar refractivity (Wildman–Crippen MR) is 284 cm³/mol. The summed E-state index contributed by atoms with van der Waals surface area (Å²) in [6.07, 6.45) is 71.4. The molecule has 378 valence electrons. The first-order valence-electron chi connectivity index (χ1n) is 28.3. The van der Waals surface area contributed by atoms with E-state index in [1.165, 1.54) is 186 Å². The molecule has 0 unspecified atom stereocenters. The molecule has 65 heavy (non-hydrogen) atoms. The van der Waals surface area contributed by atoms with Gasteiger partial charge < -0.3 is 24.1 Å². The molecule has 1 saturated heterocycles. The number of allylic oxidation sites excluding steroid dienone is 12. The van der Waals surface area contributed by atoms with E-state index in [2.05, 4.69) is 93.7 Å². The molecule has 0 aromatic carbocycles. The summed E-state index contributed by atoms with van der Waals surface area (Å²) in [5, 5.41) is 10.5. The van der Waals surface area contributed by atoms with Gasteiger partial charge in [0.15, 0.2) is 0 Å². The fourth-order valence-electron chi connectivity index (χ4n) is 8.48. The Morgan fingerprint density at radius 1 is 0.400 bits per heavy atom. The Morgan fingerprint density at radius 2 is 0.723 bits per heavy atom. The molecule has 1 rings (SSSR count). The second kappa shape index (κ2) is 51.6. The monoisotopic (exact) mass is 909 g/mol. The first-order valence-corrected chi connectivity index (χ1v) is 28.3. The van der Waals surface area contributed by atoms with Gasteiger partial charge in [0.05, 0.1) is 13.2 Å². The summed E-state index contributed by atoms with van der Waals surface area (Å²) in [6.45, 7) is 9.32. The van der Waals surface area contributed by atoms with Gasteiger partial charge in [0, 0.05) is 19.8 Å². The van der Waals surface area contributed by atoms with Crippen LogP contribution >= 0.6 is 0 Å². The van der Waals surface area contributed by atoms with Crippen molar-refractivity contribution in [1.29, 1.82) is 0 Å². The zero-order valence-corrected chi connectivity index (χ0v) is 43.3. The first kappa shape index (κ1) is 61.3. The maximum Gasteiger partial charge on any atom is 0.115 e. The molecule has 1 aliphatic rings. The van der Waals surface area contributed by atoms with Gasteiger partial charge in [-0.2, -0.15) is 0 Å². The summed E-state index contributed by atoms with van der Waals surface area (Å²) >= 11 is 0. The Labute approximate surface area is 404 Å². The van der Waals surface area contributed by atoms with Gasteiger partial charge in [-0.1, -0.05) is 209 Å². The molecular formula is C60H108O5. The van der Waals surface area contributed by atoms with Gasteiger partial charge in [-0.05, 0) is 116 Å². The van der Waals surface area contributed by atoms with Crippen LogP contribution in [0.1, 0.15) is 252 Å². The average Bonchev–Trinajstić information content (AvgIpc) is 3.72. The maximum atomic E-state index is 10.5. The number of ether oxygens (including phenoxy) is 4. The highest BCUT2D eigenvalue weighted by Crippen LogP contribution is 2.26. The summed E-state index contributed by atoms with van der Waals surface area (Å²) in [6, 6.07) is 0. The second-order valence-corrected chi connectivity index (χ2v) is 18.9. The Morgan fingerprint density at radius 3 is 1.09 bits per heavy atom. The van der Waals surface area contributed by atoms with E-state index >= 15 is 0 Å². The van der Waals surface area contributed by atoms with Crippen molar-refractivity contribution in [2.24, 2.45) is 0 Å². The fourth-order valence-corrected chi connectivity index (χ4v) is 8.48. The average molecular weight is 910 g/mol. The molecular weight excluding hydrogens is 801 g/mol. The third-order valence-corrected chi connectivity index (χ3v) is 12.7. The van der Waals surface area contributed by atoms with Gasteiger partial charge in [0.1, 0.15) is 24.4 Å². The van der Waals surface area contributed by atoms with Crippen LogP contribution in [0.5, 0.6) is 0 Å². The van der Waals surface area contributed by atoms with Crippen molar-refractivity contribution in [3.8, 4) is 0 Å². The van der Waals surface area contributed by atoms with Crippen LogP contribution in [0, 0.1) is 0 Å². The molecule has 0 spiro atoms. The molecule has 0 amide bonds. The Kier molecular flexibility index (Phi) is 48.7. The standard InChI is InChI=1S/C60H108O5/c1-4-7-10-13-16-19-22-25-28-31-34-37-40-43-46-49-52-62-57(55-61)59-60(64-54-51-48-45-42-39-36-33-30-27-24-21-18-15-12-9-6-3)58(56-65-59)63-53-50-47-44-41-38-35-32-29-26-23-20-17-14-11-8-5-2/h16-21,25-30,57-61H,4-15,22-24,31-56H2,1-3H3/b19-16-,20-17-,21-18-,28-25-,29-26-,30-27-/t57-,58+,59-,60-/m1/s1. The van der Waals surface area contributed by atoms with Crippen LogP contribution in [0.4, 0.5) is 0 Å². The number of rotatable bonds is 50. The number of hydrogen-bond donors (Lipinski definition) is 1. The first-order chi connectivity index (χ1) is 32.3. The molecule has 0 aliphatic carbocycles. The maximum absolute atomic E-state index is 10.5. The Bertz CT molecular complexity index is 1120. The molecule has 4 atom stereocenters. The molecule has 1 N–H and O–H groups in total. The van der Waals surface area contributed by atoms with Gasteiger partial charge in [-0.3, -0.25) is 0 Å². The zero-order valence-electron chi connectivity index (χ0n) is 43.3. The van der Waals surface area contributed by atoms with Crippen LogP contribution in [-0.4, -0.2) is 62.6 Å². The van der Waals surface area contributed by atoms with Crippen molar-refractivity contribution in [3.05, 3.63) is 72.9 Å². The van der Waals surface area contributed by atoms with Crippen LogP contribution in [0.25, 0.3) is 0 Å². The molecule has 1 aliphatic heterocycles. The van der Waals surface area contributed by atoms with Crippen molar-refractivity contribution in [2.45, 2.75) is 276 Å². The molecule has 0 aromatic rings. The van der Waals surface area contributed by atoms with Crippen LogP contribution in [0.2, 0.25) is 0 Å². The summed E-state index contributed by atoms with van der Waals surface area (Å²) in [5.74, 6) is 0. The van der Waals surface area contributed by atoms with Gasteiger partial charge in [0.25, 0.3) is 0 Å². The normalized spacial score (nSPS) is 17.6. The van der Waals surface area contributed by atoms with E-state index in [0.717, 1.165) is 51.6 Å². The number of aliphatic hydroxyl groups excluding tert-OH is 1. The van der Waals surface area contributed by atoms with Crippen LogP contribution < -0.4 is 0 Å². The summed E-state index contributed by atoms with van der Waals surface area (Å²) in [7, 11) is 0. The molecule has 1 fully saturated rings. The molecule has 5 heteroatoms. The summed E-state index contributed by atoms with van der Waals surface area (Å²) in [4.78, 5) is 0. The summed E-state index contributed by atoms with van der Waals surface area (Å²) < 4.78 is 25.7. The Balaban J connectivity index is 2.37. The lowest BCUT2D eigenvalue weighted by Crippen LogP contribution is -2.44. The minimum Gasteiger partial charge on any atom is -0.394 e. The number of aliphatic hydroxyl groups is 1. The van der Waals surface area contributed by atoms with Crippen LogP contribution in [0.15, 0.2) is 72.9 Å². The lowest BCUT2D eigenvalue weighted by molar-refractivity contribution is -0.122. The second-order valence-electron chi connectivity index (χ2n) is 18.9. The van der Waals surface area contributed by atoms with E-state index in [1.807, 2.05) is 0 Å². The molecule has 0 aromatic heterocycles. The van der Waals surface area contributed by atoms with Gasteiger partial charge in [-0.25, -0.2) is 0 Å². The molecule has 0 saturated carbocycles. The largest absolute Gasteiger partial charge is 0.394 e. The minimum atomic E-state index is -0.385. The summed E-state index contributed by atoms with van der Waals surface area (Å²) in [5.41, 5.74) is 0.